The van der Waals surface area contributed by atoms with Crippen LogP contribution in [0.15, 0.2) is 96.7 Å². The van der Waals surface area contributed by atoms with Crippen molar-refractivity contribution < 1.29 is 4.79 Å². The average Bonchev–Trinajstić information content (AvgIpc) is 2.76. The number of benzene rings is 3. The van der Waals surface area contributed by atoms with Gasteiger partial charge in [-0.25, -0.2) is 0 Å². The second-order valence-electron chi connectivity index (χ2n) is 7.17. The molecular formula is C25H24N4O. The van der Waals surface area contributed by atoms with Crippen molar-refractivity contribution in [1.29, 1.82) is 0 Å². The number of allylic oxidation sites excluding steroid dienone is 3. The predicted molar refractivity (Wildman–Crippen MR) is 125 cm³/mol. The number of nitrogens with one attached hydrogen (secondary N) is 1. The van der Waals surface area contributed by atoms with Gasteiger partial charge in [0.05, 0.1) is 0 Å². The van der Waals surface area contributed by atoms with E-state index in [2.05, 4.69) is 40.6 Å². The molecule has 4 rings (SSSR count). The first-order chi connectivity index (χ1) is 14.6. The lowest BCUT2D eigenvalue weighted by Crippen LogP contribution is -2.16. The topological polar surface area (TPSA) is 84.4 Å². The van der Waals surface area contributed by atoms with E-state index in [9.17, 15) is 4.79 Å². The Morgan fingerprint density at radius 1 is 0.833 bits per heavy atom. The summed E-state index contributed by atoms with van der Waals surface area (Å²) < 4.78 is 0. The molecule has 0 bridgehead atoms. The molecule has 3 aromatic carbocycles. The molecule has 5 heteroatoms. The maximum Gasteiger partial charge on any atom is 0.255 e. The van der Waals surface area contributed by atoms with Crippen LogP contribution in [0.1, 0.15) is 23.2 Å². The number of hydrogen-bond donors (Lipinski definition) is 3. The standard InChI is InChI=1S/C25H24N4O/c26-19-15-18(16-20(27)17-19)25(30)28-21-11-13-24(14-12-21)29(22-7-3-1-4-8-22)23-9-5-2-6-10-23/h1,3-5,7-17H,2,6,26-27H2,(H,28,30). The third-order valence-electron chi connectivity index (χ3n) is 4.87. The quantitative estimate of drug-likeness (QED) is 0.499. The lowest BCUT2D eigenvalue weighted by Gasteiger charge is -2.27. The number of amides is 1. The second-order valence-corrected chi connectivity index (χ2v) is 7.17. The first kappa shape index (κ1) is 19.3. The summed E-state index contributed by atoms with van der Waals surface area (Å²) >= 11 is 0. The minimum atomic E-state index is -0.250. The number of hydrogen-bond acceptors (Lipinski definition) is 4. The summed E-state index contributed by atoms with van der Waals surface area (Å²) in [5, 5.41) is 2.90. The summed E-state index contributed by atoms with van der Waals surface area (Å²) in [7, 11) is 0. The van der Waals surface area contributed by atoms with Gasteiger partial charge in [0, 0.05) is 39.7 Å². The SMILES string of the molecule is Nc1cc(N)cc(C(=O)Nc2ccc(N(C3=CCCC=C3)c3ccccc3)cc2)c1. The van der Waals surface area contributed by atoms with E-state index in [4.69, 9.17) is 11.5 Å². The molecule has 0 aliphatic heterocycles. The van der Waals surface area contributed by atoms with Gasteiger partial charge in [-0.15, -0.1) is 0 Å². The minimum Gasteiger partial charge on any atom is -0.399 e. The van der Waals surface area contributed by atoms with E-state index in [0.29, 0.717) is 22.6 Å². The molecule has 5 nitrogen and oxygen atoms in total. The van der Waals surface area contributed by atoms with Crippen molar-refractivity contribution in [2.24, 2.45) is 0 Å². The third-order valence-corrected chi connectivity index (χ3v) is 4.87. The summed E-state index contributed by atoms with van der Waals surface area (Å²) in [6.45, 7) is 0. The Bertz CT molecular complexity index is 1080. The van der Waals surface area contributed by atoms with Crippen molar-refractivity contribution >= 4 is 34.3 Å². The smallest absolute Gasteiger partial charge is 0.255 e. The Morgan fingerprint density at radius 2 is 1.50 bits per heavy atom. The molecule has 0 fully saturated rings. The predicted octanol–water partition coefficient (Wildman–Crippen LogP) is 5.48. The molecule has 0 spiro atoms. The molecule has 1 aliphatic rings. The summed E-state index contributed by atoms with van der Waals surface area (Å²) in [6.07, 6.45) is 8.67. The highest BCUT2D eigenvalue weighted by Crippen LogP contribution is 2.32. The Morgan fingerprint density at radius 3 is 2.13 bits per heavy atom. The van der Waals surface area contributed by atoms with Gasteiger partial charge in [-0.3, -0.25) is 4.79 Å². The molecule has 3 aromatic rings. The zero-order chi connectivity index (χ0) is 20.9. The van der Waals surface area contributed by atoms with E-state index in [1.807, 2.05) is 42.5 Å². The number of anilines is 5. The van der Waals surface area contributed by atoms with Crippen LogP contribution in [0, 0.1) is 0 Å². The van der Waals surface area contributed by atoms with Crippen molar-refractivity contribution in [2.75, 3.05) is 21.7 Å². The van der Waals surface area contributed by atoms with E-state index in [1.54, 1.807) is 18.2 Å². The van der Waals surface area contributed by atoms with Crippen molar-refractivity contribution in [3.63, 3.8) is 0 Å². The van der Waals surface area contributed by atoms with E-state index >= 15 is 0 Å². The molecule has 0 heterocycles. The van der Waals surface area contributed by atoms with Crippen LogP contribution in [0.4, 0.5) is 28.4 Å². The van der Waals surface area contributed by atoms with Crippen LogP contribution in [0.25, 0.3) is 0 Å². The zero-order valence-electron chi connectivity index (χ0n) is 16.6. The molecule has 30 heavy (non-hydrogen) atoms. The second kappa shape index (κ2) is 8.57. The summed E-state index contributed by atoms with van der Waals surface area (Å²) in [4.78, 5) is 14.8. The van der Waals surface area contributed by atoms with Gasteiger partial charge < -0.3 is 21.7 Å². The van der Waals surface area contributed by atoms with Crippen molar-refractivity contribution in [3.8, 4) is 0 Å². The van der Waals surface area contributed by atoms with Crippen molar-refractivity contribution in [1.82, 2.24) is 0 Å². The van der Waals surface area contributed by atoms with Gasteiger partial charge in [-0.1, -0.05) is 30.4 Å². The van der Waals surface area contributed by atoms with Crippen molar-refractivity contribution in [3.05, 3.63) is 102 Å². The summed E-state index contributed by atoms with van der Waals surface area (Å²) in [5.41, 5.74) is 16.9. The van der Waals surface area contributed by atoms with Crippen LogP contribution in [0.2, 0.25) is 0 Å². The van der Waals surface area contributed by atoms with Gasteiger partial charge in [0.1, 0.15) is 0 Å². The van der Waals surface area contributed by atoms with Gasteiger partial charge in [-0.2, -0.15) is 0 Å². The largest absolute Gasteiger partial charge is 0.399 e. The number of nitrogens with two attached hydrogens (primary N) is 2. The van der Waals surface area contributed by atoms with Crippen LogP contribution in [0.3, 0.4) is 0 Å². The maximum atomic E-state index is 12.6. The molecule has 0 radical (unpaired) electrons. The van der Waals surface area contributed by atoms with Gasteiger partial charge in [0.2, 0.25) is 0 Å². The van der Waals surface area contributed by atoms with E-state index in [0.717, 1.165) is 29.9 Å². The van der Waals surface area contributed by atoms with Gasteiger partial charge in [-0.05, 0) is 73.5 Å². The number of nitrogen functional groups attached to an aromatic ring is 2. The first-order valence-corrected chi connectivity index (χ1v) is 9.89. The number of carbonyl (C=O) groups excluding carboxylic acids is 1. The molecule has 1 amide bonds. The highest BCUT2D eigenvalue weighted by Gasteiger charge is 2.14. The Labute approximate surface area is 176 Å². The van der Waals surface area contributed by atoms with Crippen LogP contribution in [0.5, 0.6) is 0 Å². The number of nitrogens with zero attached hydrogens (tertiary/aromatic N) is 1. The van der Waals surface area contributed by atoms with E-state index < -0.39 is 0 Å². The average molecular weight is 396 g/mol. The number of rotatable bonds is 5. The number of para-hydroxylation sites is 1. The lowest BCUT2D eigenvalue weighted by atomic mass is 10.1. The molecule has 0 saturated heterocycles. The summed E-state index contributed by atoms with van der Waals surface area (Å²) in [6, 6.07) is 22.9. The van der Waals surface area contributed by atoms with Gasteiger partial charge in [0.15, 0.2) is 0 Å². The molecule has 0 saturated carbocycles. The monoisotopic (exact) mass is 396 g/mol. The zero-order valence-corrected chi connectivity index (χ0v) is 16.6. The molecule has 1 aliphatic carbocycles. The van der Waals surface area contributed by atoms with Crippen LogP contribution in [-0.4, -0.2) is 5.91 Å². The van der Waals surface area contributed by atoms with Gasteiger partial charge in [0.25, 0.3) is 5.91 Å². The molecule has 0 atom stereocenters. The Kier molecular flexibility index (Phi) is 5.52. The maximum absolute atomic E-state index is 12.6. The van der Waals surface area contributed by atoms with Crippen LogP contribution >= 0.6 is 0 Å². The minimum absolute atomic E-state index is 0.250. The van der Waals surface area contributed by atoms with Crippen LogP contribution < -0.4 is 21.7 Å². The van der Waals surface area contributed by atoms with Crippen molar-refractivity contribution in [2.45, 2.75) is 12.8 Å². The molecule has 0 unspecified atom stereocenters. The fourth-order valence-corrected chi connectivity index (χ4v) is 3.49. The highest BCUT2D eigenvalue weighted by atomic mass is 16.1. The first-order valence-electron chi connectivity index (χ1n) is 9.89. The Balaban J connectivity index is 1.58. The summed E-state index contributed by atoms with van der Waals surface area (Å²) in [5.74, 6) is -0.250. The fourth-order valence-electron chi connectivity index (χ4n) is 3.49. The Hall–Kier alpha value is -3.99. The molecule has 5 N–H and O–H groups in total. The fraction of sp³-hybridized carbons (Fsp3) is 0.0800. The highest BCUT2D eigenvalue weighted by molar-refractivity contribution is 6.05. The lowest BCUT2D eigenvalue weighted by molar-refractivity contribution is 0.102. The van der Waals surface area contributed by atoms with E-state index in [1.165, 1.54) is 0 Å². The molecular weight excluding hydrogens is 372 g/mol. The molecule has 150 valence electrons. The normalized spacial score (nSPS) is 12.9. The molecule has 0 aromatic heterocycles. The number of carbonyl (C=O) groups is 1. The third kappa shape index (κ3) is 4.36. The van der Waals surface area contributed by atoms with Crippen LogP contribution in [-0.2, 0) is 0 Å². The van der Waals surface area contributed by atoms with E-state index in [-0.39, 0.29) is 5.91 Å². The van der Waals surface area contributed by atoms with Gasteiger partial charge >= 0.3 is 0 Å².